The smallest absolute Gasteiger partial charge is 0.185 e. The van der Waals surface area contributed by atoms with Gasteiger partial charge < -0.3 is 10.0 Å². The Kier molecular flexibility index (Phi) is 4.48. The second-order valence-corrected chi connectivity index (χ2v) is 7.07. The standard InChI is InChI=1S/C14H25N3OS/c1-11-12(19-13(15-11)16(2)3)9-17(4)10-14(18)7-5-6-8-14/h18H,5-10H2,1-4H3. The van der Waals surface area contributed by atoms with Gasteiger partial charge in [0.25, 0.3) is 0 Å². The van der Waals surface area contributed by atoms with Gasteiger partial charge in [-0.25, -0.2) is 4.98 Å². The summed E-state index contributed by atoms with van der Waals surface area (Å²) in [6, 6.07) is 0. The van der Waals surface area contributed by atoms with Gasteiger partial charge >= 0.3 is 0 Å². The predicted molar refractivity (Wildman–Crippen MR) is 80.9 cm³/mol. The fourth-order valence-electron chi connectivity index (χ4n) is 2.75. The van der Waals surface area contributed by atoms with Crippen LogP contribution in [0.4, 0.5) is 5.13 Å². The highest BCUT2D eigenvalue weighted by Gasteiger charge is 2.32. The van der Waals surface area contributed by atoms with Crippen LogP contribution in [0.25, 0.3) is 0 Å². The van der Waals surface area contributed by atoms with E-state index in [4.69, 9.17) is 0 Å². The normalized spacial score (nSPS) is 18.2. The second-order valence-electron chi connectivity index (χ2n) is 6.00. The number of aromatic nitrogens is 1. The van der Waals surface area contributed by atoms with E-state index in [9.17, 15) is 5.11 Å². The van der Waals surface area contributed by atoms with Crippen LogP contribution in [0.1, 0.15) is 36.3 Å². The molecule has 1 heterocycles. The summed E-state index contributed by atoms with van der Waals surface area (Å²) in [6.45, 7) is 3.71. The maximum absolute atomic E-state index is 10.4. The fourth-order valence-corrected chi connectivity index (χ4v) is 3.81. The summed E-state index contributed by atoms with van der Waals surface area (Å²) in [5.41, 5.74) is 0.650. The van der Waals surface area contributed by atoms with Crippen molar-refractivity contribution in [2.24, 2.45) is 0 Å². The molecule has 0 aromatic carbocycles. The van der Waals surface area contributed by atoms with Crippen molar-refractivity contribution in [3.8, 4) is 0 Å². The first kappa shape index (κ1) is 14.8. The van der Waals surface area contributed by atoms with Gasteiger partial charge in [0.2, 0.25) is 0 Å². The molecule has 5 heteroatoms. The van der Waals surface area contributed by atoms with Gasteiger partial charge in [-0.1, -0.05) is 12.8 Å². The fraction of sp³-hybridized carbons (Fsp3) is 0.786. The molecule has 1 fully saturated rings. The lowest BCUT2D eigenvalue weighted by Gasteiger charge is -2.28. The van der Waals surface area contributed by atoms with Gasteiger partial charge in [0.1, 0.15) is 0 Å². The number of hydrogen-bond acceptors (Lipinski definition) is 5. The summed E-state index contributed by atoms with van der Waals surface area (Å²) in [7, 11) is 6.13. The maximum Gasteiger partial charge on any atom is 0.185 e. The van der Waals surface area contributed by atoms with Crippen LogP contribution in [0.15, 0.2) is 0 Å². The van der Waals surface area contributed by atoms with Crippen molar-refractivity contribution in [3.05, 3.63) is 10.6 Å². The summed E-state index contributed by atoms with van der Waals surface area (Å²) < 4.78 is 0. The quantitative estimate of drug-likeness (QED) is 0.900. The van der Waals surface area contributed by atoms with E-state index in [-0.39, 0.29) is 0 Å². The van der Waals surface area contributed by atoms with Crippen LogP contribution in [-0.2, 0) is 6.54 Å². The molecule has 1 aromatic rings. The lowest BCUT2D eigenvalue weighted by Crippen LogP contribution is -2.38. The second kappa shape index (κ2) is 5.77. The molecule has 19 heavy (non-hydrogen) atoms. The number of nitrogens with zero attached hydrogens (tertiary/aromatic N) is 3. The van der Waals surface area contributed by atoms with Crippen LogP contribution in [0.5, 0.6) is 0 Å². The minimum atomic E-state index is -0.461. The highest BCUT2D eigenvalue weighted by Crippen LogP contribution is 2.31. The van der Waals surface area contributed by atoms with Crippen LogP contribution in [0, 0.1) is 6.92 Å². The third-order valence-corrected chi connectivity index (χ3v) is 5.09. The van der Waals surface area contributed by atoms with Crippen molar-refractivity contribution in [2.45, 2.75) is 44.8 Å². The van der Waals surface area contributed by atoms with Crippen LogP contribution in [-0.4, -0.2) is 48.3 Å². The molecule has 0 spiro atoms. The molecule has 0 saturated heterocycles. The van der Waals surface area contributed by atoms with Gasteiger partial charge in [-0.2, -0.15) is 0 Å². The number of likely N-dealkylation sites (N-methyl/N-ethyl adjacent to an activating group) is 1. The molecule has 1 aliphatic carbocycles. The Labute approximate surface area is 120 Å². The highest BCUT2D eigenvalue weighted by atomic mass is 32.1. The van der Waals surface area contributed by atoms with Crippen LogP contribution < -0.4 is 4.90 Å². The summed E-state index contributed by atoms with van der Waals surface area (Å²) in [4.78, 5) is 10.1. The molecule has 1 aliphatic rings. The molecule has 0 aliphatic heterocycles. The molecule has 1 aromatic heterocycles. The van der Waals surface area contributed by atoms with E-state index in [0.29, 0.717) is 0 Å². The molecule has 1 N–H and O–H groups in total. The zero-order valence-electron chi connectivity index (χ0n) is 12.4. The molecule has 0 radical (unpaired) electrons. The Morgan fingerprint density at radius 3 is 2.42 bits per heavy atom. The monoisotopic (exact) mass is 283 g/mol. The number of hydrogen-bond donors (Lipinski definition) is 1. The van der Waals surface area contributed by atoms with Crippen LogP contribution >= 0.6 is 11.3 Å². The van der Waals surface area contributed by atoms with Gasteiger partial charge in [0, 0.05) is 32.1 Å². The SMILES string of the molecule is Cc1nc(N(C)C)sc1CN(C)CC1(O)CCCC1. The largest absolute Gasteiger partial charge is 0.389 e. The lowest BCUT2D eigenvalue weighted by molar-refractivity contribution is 0.0147. The van der Waals surface area contributed by atoms with Crippen molar-refractivity contribution in [1.82, 2.24) is 9.88 Å². The van der Waals surface area contributed by atoms with Crippen molar-refractivity contribution < 1.29 is 5.11 Å². The Balaban J connectivity index is 1.96. The van der Waals surface area contributed by atoms with E-state index < -0.39 is 5.60 Å². The van der Waals surface area contributed by atoms with E-state index in [1.807, 2.05) is 19.0 Å². The van der Waals surface area contributed by atoms with Gasteiger partial charge in [-0.3, -0.25) is 4.90 Å². The van der Waals surface area contributed by atoms with Crippen molar-refractivity contribution >= 4 is 16.5 Å². The number of aryl methyl sites for hydroxylation is 1. The van der Waals surface area contributed by atoms with Crippen molar-refractivity contribution in [3.63, 3.8) is 0 Å². The summed E-state index contributed by atoms with van der Waals surface area (Å²) in [5, 5.41) is 11.5. The third-order valence-electron chi connectivity index (χ3n) is 3.78. The summed E-state index contributed by atoms with van der Waals surface area (Å²) in [6.07, 6.45) is 4.22. The van der Waals surface area contributed by atoms with Gasteiger partial charge in [0.05, 0.1) is 11.3 Å². The molecule has 2 rings (SSSR count). The number of anilines is 1. The highest BCUT2D eigenvalue weighted by molar-refractivity contribution is 7.15. The molecular weight excluding hydrogens is 258 g/mol. The Morgan fingerprint density at radius 1 is 1.26 bits per heavy atom. The molecule has 0 amide bonds. The van der Waals surface area contributed by atoms with Gasteiger partial charge in [-0.15, -0.1) is 11.3 Å². The Bertz CT molecular complexity index is 424. The first-order valence-corrected chi connectivity index (χ1v) is 7.76. The van der Waals surface area contributed by atoms with E-state index in [1.54, 1.807) is 11.3 Å². The minimum absolute atomic E-state index is 0.461. The first-order chi connectivity index (χ1) is 8.89. The van der Waals surface area contributed by atoms with E-state index in [1.165, 1.54) is 4.88 Å². The minimum Gasteiger partial charge on any atom is -0.389 e. The maximum atomic E-state index is 10.4. The number of rotatable bonds is 5. The third kappa shape index (κ3) is 3.68. The molecular formula is C14H25N3OS. The molecule has 4 nitrogen and oxygen atoms in total. The average Bonchev–Trinajstić information content (AvgIpc) is 2.86. The molecule has 1 saturated carbocycles. The topological polar surface area (TPSA) is 39.6 Å². The molecule has 0 unspecified atom stereocenters. The van der Waals surface area contributed by atoms with Gasteiger partial charge in [0.15, 0.2) is 5.13 Å². The van der Waals surface area contributed by atoms with Gasteiger partial charge in [-0.05, 0) is 26.8 Å². The predicted octanol–water partition coefficient (Wildman–Crippen LogP) is 2.25. The van der Waals surface area contributed by atoms with E-state index in [0.717, 1.165) is 49.6 Å². The first-order valence-electron chi connectivity index (χ1n) is 6.94. The zero-order chi connectivity index (χ0) is 14.0. The van der Waals surface area contributed by atoms with Crippen molar-refractivity contribution in [2.75, 3.05) is 32.6 Å². The lowest BCUT2D eigenvalue weighted by atomic mass is 10.0. The van der Waals surface area contributed by atoms with Crippen LogP contribution in [0.3, 0.4) is 0 Å². The molecule has 108 valence electrons. The zero-order valence-corrected chi connectivity index (χ0v) is 13.3. The van der Waals surface area contributed by atoms with E-state index >= 15 is 0 Å². The summed E-state index contributed by atoms with van der Waals surface area (Å²) in [5.74, 6) is 0. The number of thiazole rings is 1. The molecule has 0 bridgehead atoms. The molecule has 0 atom stereocenters. The van der Waals surface area contributed by atoms with Crippen LogP contribution in [0.2, 0.25) is 0 Å². The number of aliphatic hydroxyl groups is 1. The Morgan fingerprint density at radius 2 is 1.89 bits per heavy atom. The average molecular weight is 283 g/mol. The Hall–Kier alpha value is -0.650. The summed E-state index contributed by atoms with van der Waals surface area (Å²) >= 11 is 1.74. The van der Waals surface area contributed by atoms with Crippen molar-refractivity contribution in [1.29, 1.82) is 0 Å². The van der Waals surface area contributed by atoms with E-state index in [2.05, 4.69) is 23.9 Å².